The van der Waals surface area contributed by atoms with Crippen molar-refractivity contribution in [3.8, 4) is 0 Å². The highest BCUT2D eigenvalue weighted by atomic mass is 35.5. The molecule has 0 spiro atoms. The monoisotopic (exact) mass is 407 g/mol. The van der Waals surface area contributed by atoms with E-state index in [1.165, 1.54) is 0 Å². The van der Waals surface area contributed by atoms with Gasteiger partial charge < -0.3 is 4.74 Å². The number of halogens is 1. The molecule has 0 aliphatic carbocycles. The molecule has 8 heteroatoms. The molecule has 2 aromatic carbocycles. The summed E-state index contributed by atoms with van der Waals surface area (Å²) in [7, 11) is -3.94. The van der Waals surface area contributed by atoms with Crippen molar-refractivity contribution >= 4 is 33.4 Å². The Hall–Kier alpha value is -2.22. The first-order chi connectivity index (χ1) is 12.8. The van der Waals surface area contributed by atoms with Gasteiger partial charge in [0.05, 0.1) is 12.9 Å². The average molecular weight is 408 g/mol. The Bertz CT molecular complexity index is 1000. The van der Waals surface area contributed by atoms with Crippen LogP contribution in [0.25, 0.3) is 0 Å². The SMILES string of the molecule is CCCOC(=O)C1=NC(OS(C)(=O)=O)(c2ccccc2)c2cc(Cl)ccc21. The normalized spacial score (nSPS) is 18.7. The van der Waals surface area contributed by atoms with Gasteiger partial charge in [0.1, 0.15) is 0 Å². The number of ether oxygens (including phenoxy) is 1. The van der Waals surface area contributed by atoms with E-state index in [1.807, 2.05) is 6.92 Å². The van der Waals surface area contributed by atoms with E-state index in [0.717, 1.165) is 6.26 Å². The van der Waals surface area contributed by atoms with Gasteiger partial charge in [0, 0.05) is 21.7 Å². The molecule has 1 atom stereocenters. The predicted molar refractivity (Wildman–Crippen MR) is 102 cm³/mol. The molecule has 0 amide bonds. The number of rotatable bonds is 6. The summed E-state index contributed by atoms with van der Waals surface area (Å²) >= 11 is 6.15. The van der Waals surface area contributed by atoms with Crippen LogP contribution in [-0.4, -0.2) is 33.0 Å². The Balaban J connectivity index is 2.27. The Labute approximate surface area is 162 Å². The first-order valence-electron chi connectivity index (χ1n) is 8.30. The van der Waals surface area contributed by atoms with Gasteiger partial charge in [0.25, 0.3) is 10.1 Å². The Morgan fingerprint density at radius 2 is 1.89 bits per heavy atom. The molecule has 1 aliphatic heterocycles. The smallest absolute Gasteiger partial charge is 0.357 e. The molecule has 2 aromatic rings. The minimum atomic E-state index is -3.94. The minimum absolute atomic E-state index is 0.00243. The van der Waals surface area contributed by atoms with Gasteiger partial charge in [-0.15, -0.1) is 0 Å². The quantitative estimate of drug-likeness (QED) is 0.542. The van der Waals surface area contributed by atoms with Crippen molar-refractivity contribution in [2.24, 2.45) is 4.99 Å². The molecular weight excluding hydrogens is 390 g/mol. The maximum atomic E-state index is 12.5. The van der Waals surface area contributed by atoms with Gasteiger partial charge in [-0.25, -0.2) is 14.0 Å². The molecule has 142 valence electrons. The van der Waals surface area contributed by atoms with Gasteiger partial charge in [-0.2, -0.15) is 8.42 Å². The first kappa shape index (κ1) is 19.5. The van der Waals surface area contributed by atoms with Crippen LogP contribution in [0, 0.1) is 0 Å². The third-order valence-corrected chi connectivity index (χ3v) is 4.72. The molecule has 1 aliphatic rings. The summed E-state index contributed by atoms with van der Waals surface area (Å²) in [6.45, 7) is 2.10. The van der Waals surface area contributed by atoms with Crippen molar-refractivity contribution in [1.29, 1.82) is 0 Å². The Morgan fingerprint density at radius 3 is 2.52 bits per heavy atom. The molecule has 0 aromatic heterocycles. The van der Waals surface area contributed by atoms with E-state index in [9.17, 15) is 13.2 Å². The highest BCUT2D eigenvalue weighted by Crippen LogP contribution is 2.44. The number of esters is 1. The summed E-state index contributed by atoms with van der Waals surface area (Å²) in [5.74, 6) is -0.643. The zero-order chi connectivity index (χ0) is 19.7. The predicted octanol–water partition coefficient (Wildman–Crippen LogP) is 3.27. The number of hydrogen-bond donors (Lipinski definition) is 0. The van der Waals surface area contributed by atoms with Gasteiger partial charge in [-0.3, -0.25) is 0 Å². The van der Waals surface area contributed by atoms with Crippen LogP contribution in [-0.2, 0) is 29.6 Å². The lowest BCUT2D eigenvalue weighted by molar-refractivity contribution is -0.135. The van der Waals surface area contributed by atoms with Crippen LogP contribution >= 0.6 is 11.6 Å². The third kappa shape index (κ3) is 3.90. The van der Waals surface area contributed by atoms with Gasteiger partial charge in [0.15, 0.2) is 5.71 Å². The van der Waals surface area contributed by atoms with E-state index in [0.29, 0.717) is 28.1 Å². The lowest BCUT2D eigenvalue weighted by Crippen LogP contribution is -2.30. The van der Waals surface area contributed by atoms with E-state index in [2.05, 4.69) is 4.99 Å². The standard InChI is InChI=1S/C19H18ClNO5S/c1-3-11-25-18(22)17-15-10-9-14(20)12-16(15)19(21-17,26-27(2,23)24)13-7-5-4-6-8-13/h4-10,12H,3,11H2,1-2H3. The van der Waals surface area contributed by atoms with Crippen LogP contribution in [0.2, 0.25) is 5.02 Å². The van der Waals surface area contributed by atoms with Gasteiger partial charge in [-0.05, 0) is 18.6 Å². The molecule has 0 radical (unpaired) electrons. The minimum Gasteiger partial charge on any atom is -0.461 e. The molecule has 0 bridgehead atoms. The van der Waals surface area contributed by atoms with Crippen molar-refractivity contribution in [2.45, 2.75) is 19.1 Å². The molecule has 6 nitrogen and oxygen atoms in total. The average Bonchev–Trinajstić information content (AvgIpc) is 2.94. The van der Waals surface area contributed by atoms with Crippen LogP contribution < -0.4 is 0 Å². The fraction of sp³-hybridized carbons (Fsp3) is 0.263. The first-order valence-corrected chi connectivity index (χ1v) is 10.5. The highest BCUT2D eigenvalue weighted by Gasteiger charge is 2.47. The topological polar surface area (TPSA) is 82.0 Å². The van der Waals surface area contributed by atoms with Crippen LogP contribution in [0.4, 0.5) is 0 Å². The van der Waals surface area contributed by atoms with Crippen LogP contribution in [0.3, 0.4) is 0 Å². The molecule has 3 rings (SSSR count). The summed E-state index contributed by atoms with van der Waals surface area (Å²) in [5.41, 5.74) is -0.488. The number of carbonyl (C=O) groups is 1. The van der Waals surface area contributed by atoms with Crippen molar-refractivity contribution < 1.29 is 22.1 Å². The fourth-order valence-corrected chi connectivity index (χ4v) is 3.75. The maximum absolute atomic E-state index is 12.5. The molecule has 0 N–H and O–H groups in total. The lowest BCUT2D eigenvalue weighted by Gasteiger charge is -2.27. The van der Waals surface area contributed by atoms with Crippen LogP contribution in [0.15, 0.2) is 53.5 Å². The van der Waals surface area contributed by atoms with Crippen molar-refractivity contribution in [2.75, 3.05) is 12.9 Å². The molecule has 1 heterocycles. The Morgan fingerprint density at radius 1 is 1.19 bits per heavy atom. The molecule has 0 saturated carbocycles. The van der Waals surface area contributed by atoms with E-state index < -0.39 is 21.8 Å². The number of hydrogen-bond acceptors (Lipinski definition) is 6. The number of aliphatic imine (C=N–C) groups is 1. The number of nitrogens with zero attached hydrogens (tertiary/aromatic N) is 1. The van der Waals surface area contributed by atoms with E-state index in [1.54, 1.807) is 48.5 Å². The summed E-state index contributed by atoms with van der Waals surface area (Å²) in [6.07, 6.45) is 1.58. The summed E-state index contributed by atoms with van der Waals surface area (Å²) < 4.78 is 34.8. The van der Waals surface area contributed by atoms with E-state index in [4.69, 9.17) is 20.5 Å². The van der Waals surface area contributed by atoms with Crippen LogP contribution in [0.5, 0.6) is 0 Å². The van der Waals surface area contributed by atoms with Crippen molar-refractivity contribution in [3.05, 3.63) is 70.2 Å². The summed E-state index contributed by atoms with van der Waals surface area (Å²) in [5, 5.41) is 0.365. The largest absolute Gasteiger partial charge is 0.461 e. The number of benzene rings is 2. The third-order valence-electron chi connectivity index (χ3n) is 3.94. The zero-order valence-corrected chi connectivity index (χ0v) is 16.4. The van der Waals surface area contributed by atoms with Gasteiger partial charge in [0.2, 0.25) is 5.72 Å². The van der Waals surface area contributed by atoms with Crippen molar-refractivity contribution in [3.63, 3.8) is 0 Å². The maximum Gasteiger partial charge on any atom is 0.357 e. The van der Waals surface area contributed by atoms with Gasteiger partial charge in [-0.1, -0.05) is 54.9 Å². The molecule has 0 fully saturated rings. The summed E-state index contributed by atoms with van der Waals surface area (Å²) in [6, 6.07) is 13.4. The van der Waals surface area contributed by atoms with Crippen LogP contribution in [0.1, 0.15) is 30.0 Å². The van der Waals surface area contributed by atoms with Gasteiger partial charge >= 0.3 is 5.97 Å². The second-order valence-electron chi connectivity index (χ2n) is 6.08. The zero-order valence-electron chi connectivity index (χ0n) is 14.8. The molecule has 1 unspecified atom stereocenters. The lowest BCUT2D eigenvalue weighted by atomic mass is 9.93. The second-order valence-corrected chi connectivity index (χ2v) is 8.10. The molecular formula is C19H18ClNO5S. The second kappa shape index (κ2) is 7.42. The number of fused-ring (bicyclic) bond motifs is 1. The fourth-order valence-electron chi connectivity index (χ4n) is 2.91. The Kier molecular flexibility index (Phi) is 5.37. The number of carbonyl (C=O) groups excluding carboxylic acids is 1. The molecule has 0 saturated heterocycles. The molecule has 27 heavy (non-hydrogen) atoms. The van der Waals surface area contributed by atoms with Crippen molar-refractivity contribution in [1.82, 2.24) is 0 Å². The highest BCUT2D eigenvalue weighted by molar-refractivity contribution is 7.86. The summed E-state index contributed by atoms with van der Waals surface area (Å²) in [4.78, 5) is 17.0. The van der Waals surface area contributed by atoms with E-state index >= 15 is 0 Å². The van der Waals surface area contributed by atoms with E-state index in [-0.39, 0.29) is 12.3 Å².